The third kappa shape index (κ3) is 7.15. The molecular formula is C18H31N5O2. The van der Waals surface area contributed by atoms with Crippen LogP contribution in [0.1, 0.15) is 65.0 Å². The van der Waals surface area contributed by atoms with Gasteiger partial charge in [-0.25, -0.2) is 9.98 Å². The summed E-state index contributed by atoms with van der Waals surface area (Å²) >= 11 is 0. The van der Waals surface area contributed by atoms with E-state index in [0.717, 1.165) is 31.6 Å². The van der Waals surface area contributed by atoms with Gasteiger partial charge in [-0.1, -0.05) is 20.8 Å². The number of oxazole rings is 1. The molecule has 0 bridgehead atoms. The lowest BCUT2D eigenvalue weighted by atomic mass is 9.94. The third-order valence-corrected chi connectivity index (χ3v) is 3.82. The summed E-state index contributed by atoms with van der Waals surface area (Å²) in [6.45, 7) is 10.1. The van der Waals surface area contributed by atoms with E-state index < -0.39 is 0 Å². The Kier molecular flexibility index (Phi) is 6.84. The maximum atomic E-state index is 11.7. The molecule has 0 aromatic carbocycles. The molecule has 7 nitrogen and oxygen atoms in total. The van der Waals surface area contributed by atoms with Crippen molar-refractivity contribution in [1.82, 2.24) is 20.9 Å². The number of nitrogens with one attached hydrogen (secondary N) is 3. The van der Waals surface area contributed by atoms with Crippen LogP contribution >= 0.6 is 0 Å². The summed E-state index contributed by atoms with van der Waals surface area (Å²) in [7, 11) is 0. The Hall–Kier alpha value is -2.05. The average molecular weight is 349 g/mol. The van der Waals surface area contributed by atoms with Crippen molar-refractivity contribution in [2.24, 2.45) is 4.99 Å². The van der Waals surface area contributed by atoms with E-state index in [-0.39, 0.29) is 11.3 Å². The Labute approximate surface area is 150 Å². The number of aliphatic imine (C=N–C) groups is 1. The molecule has 1 heterocycles. The van der Waals surface area contributed by atoms with Gasteiger partial charge in [0, 0.05) is 31.0 Å². The first kappa shape index (κ1) is 19.3. The minimum Gasteiger partial charge on any atom is -0.443 e. The number of guanidine groups is 1. The Morgan fingerprint density at radius 3 is 2.72 bits per heavy atom. The molecule has 0 unspecified atom stereocenters. The standard InChI is InChI=1S/C18H31N5O2/c1-5-19-17(20-10-6-7-15(24)23-13-8-9-13)22-12-16-21-11-14(25-16)18(2,3)4/h11,13H,5-10,12H2,1-4H3,(H,23,24)(H2,19,20,22). The average Bonchev–Trinajstić information content (AvgIpc) is 3.21. The van der Waals surface area contributed by atoms with E-state index in [1.807, 2.05) is 6.92 Å². The monoisotopic (exact) mass is 349 g/mol. The molecule has 3 N–H and O–H groups in total. The second kappa shape index (κ2) is 8.87. The number of nitrogens with zero attached hydrogens (tertiary/aromatic N) is 2. The highest BCUT2D eigenvalue weighted by Crippen LogP contribution is 2.22. The van der Waals surface area contributed by atoms with E-state index in [4.69, 9.17) is 4.42 Å². The fourth-order valence-electron chi connectivity index (χ4n) is 2.20. The van der Waals surface area contributed by atoms with Crippen molar-refractivity contribution in [1.29, 1.82) is 0 Å². The van der Waals surface area contributed by atoms with E-state index in [0.29, 0.717) is 37.4 Å². The summed E-state index contributed by atoms with van der Waals surface area (Å²) in [4.78, 5) is 20.4. The van der Waals surface area contributed by atoms with E-state index in [1.54, 1.807) is 6.20 Å². The summed E-state index contributed by atoms with van der Waals surface area (Å²) in [6.07, 6.45) is 5.33. The van der Waals surface area contributed by atoms with Crippen molar-refractivity contribution in [3.63, 3.8) is 0 Å². The molecule has 1 aromatic rings. The van der Waals surface area contributed by atoms with Crippen molar-refractivity contribution in [2.75, 3.05) is 13.1 Å². The minimum absolute atomic E-state index is 0.0568. The predicted octanol–water partition coefficient (Wildman–Crippen LogP) is 2.09. The fourth-order valence-corrected chi connectivity index (χ4v) is 2.20. The van der Waals surface area contributed by atoms with Crippen LogP contribution in [0, 0.1) is 0 Å². The predicted molar refractivity (Wildman–Crippen MR) is 98.4 cm³/mol. The Morgan fingerprint density at radius 2 is 2.12 bits per heavy atom. The van der Waals surface area contributed by atoms with Crippen LogP contribution in [0.2, 0.25) is 0 Å². The molecule has 1 amide bonds. The van der Waals surface area contributed by atoms with Crippen molar-refractivity contribution < 1.29 is 9.21 Å². The zero-order chi connectivity index (χ0) is 18.3. The van der Waals surface area contributed by atoms with E-state index in [1.165, 1.54) is 0 Å². The van der Waals surface area contributed by atoms with Crippen LogP contribution in [0.3, 0.4) is 0 Å². The third-order valence-electron chi connectivity index (χ3n) is 3.82. The number of carbonyl (C=O) groups excluding carboxylic acids is 1. The van der Waals surface area contributed by atoms with Crippen LogP contribution in [0.15, 0.2) is 15.6 Å². The van der Waals surface area contributed by atoms with Gasteiger partial charge in [-0.15, -0.1) is 0 Å². The lowest BCUT2D eigenvalue weighted by Gasteiger charge is -2.13. The quantitative estimate of drug-likeness (QED) is 0.380. The number of hydrogen-bond donors (Lipinski definition) is 3. The van der Waals surface area contributed by atoms with Gasteiger partial charge in [-0.05, 0) is 26.2 Å². The van der Waals surface area contributed by atoms with E-state index >= 15 is 0 Å². The highest BCUT2D eigenvalue weighted by Gasteiger charge is 2.22. The molecule has 0 spiro atoms. The van der Waals surface area contributed by atoms with Gasteiger partial charge in [-0.2, -0.15) is 0 Å². The first-order valence-corrected chi connectivity index (χ1v) is 9.15. The van der Waals surface area contributed by atoms with Gasteiger partial charge in [-0.3, -0.25) is 4.79 Å². The molecule has 1 aliphatic carbocycles. The molecular weight excluding hydrogens is 318 g/mol. The smallest absolute Gasteiger partial charge is 0.220 e. The van der Waals surface area contributed by atoms with Gasteiger partial charge >= 0.3 is 0 Å². The summed E-state index contributed by atoms with van der Waals surface area (Å²) in [5.74, 6) is 2.31. The van der Waals surface area contributed by atoms with Gasteiger partial charge < -0.3 is 20.4 Å². The van der Waals surface area contributed by atoms with Crippen molar-refractivity contribution in [3.8, 4) is 0 Å². The number of amides is 1. The van der Waals surface area contributed by atoms with Crippen LogP contribution in [0.4, 0.5) is 0 Å². The normalized spacial score (nSPS) is 15.1. The van der Waals surface area contributed by atoms with Crippen LogP contribution in [0.5, 0.6) is 0 Å². The molecule has 1 aromatic heterocycles. The summed E-state index contributed by atoms with van der Waals surface area (Å²) in [5.41, 5.74) is -0.0568. The SMILES string of the molecule is CCNC(=NCc1ncc(C(C)(C)C)o1)NCCCC(=O)NC1CC1. The number of aromatic nitrogens is 1. The highest BCUT2D eigenvalue weighted by atomic mass is 16.4. The number of hydrogen-bond acceptors (Lipinski definition) is 4. The summed E-state index contributed by atoms with van der Waals surface area (Å²) < 4.78 is 5.75. The molecule has 1 fully saturated rings. The molecule has 0 atom stereocenters. The number of rotatable bonds is 8. The molecule has 25 heavy (non-hydrogen) atoms. The van der Waals surface area contributed by atoms with Crippen LogP contribution in [0.25, 0.3) is 0 Å². The Balaban J connectivity index is 1.75. The van der Waals surface area contributed by atoms with E-state index in [2.05, 4.69) is 46.7 Å². The molecule has 2 rings (SSSR count). The van der Waals surface area contributed by atoms with E-state index in [9.17, 15) is 4.79 Å². The van der Waals surface area contributed by atoms with Gasteiger partial charge in [0.15, 0.2) is 5.96 Å². The van der Waals surface area contributed by atoms with Gasteiger partial charge in [0.1, 0.15) is 12.3 Å². The van der Waals surface area contributed by atoms with Crippen molar-refractivity contribution in [2.45, 2.75) is 71.4 Å². The topological polar surface area (TPSA) is 91.6 Å². The maximum absolute atomic E-state index is 11.7. The minimum atomic E-state index is -0.0568. The van der Waals surface area contributed by atoms with Crippen LogP contribution in [-0.4, -0.2) is 36.0 Å². The largest absolute Gasteiger partial charge is 0.443 e. The lowest BCUT2D eigenvalue weighted by molar-refractivity contribution is -0.121. The van der Waals surface area contributed by atoms with Gasteiger partial charge in [0.2, 0.25) is 11.8 Å². The van der Waals surface area contributed by atoms with Gasteiger partial charge in [0.25, 0.3) is 0 Å². The summed E-state index contributed by atoms with van der Waals surface area (Å²) in [6, 6.07) is 0.429. The van der Waals surface area contributed by atoms with Crippen molar-refractivity contribution >= 4 is 11.9 Å². The summed E-state index contributed by atoms with van der Waals surface area (Å²) in [5, 5.41) is 9.43. The van der Waals surface area contributed by atoms with Gasteiger partial charge in [0.05, 0.1) is 6.20 Å². The zero-order valence-electron chi connectivity index (χ0n) is 15.8. The molecule has 1 aliphatic rings. The molecule has 7 heteroatoms. The molecule has 1 saturated carbocycles. The highest BCUT2D eigenvalue weighted by molar-refractivity contribution is 5.80. The fraction of sp³-hybridized carbons (Fsp3) is 0.722. The Bertz CT molecular complexity index is 585. The number of carbonyl (C=O) groups is 1. The zero-order valence-corrected chi connectivity index (χ0v) is 15.8. The van der Waals surface area contributed by atoms with Crippen LogP contribution < -0.4 is 16.0 Å². The Morgan fingerprint density at radius 1 is 1.36 bits per heavy atom. The molecule has 0 radical (unpaired) electrons. The van der Waals surface area contributed by atoms with Crippen LogP contribution in [-0.2, 0) is 16.8 Å². The molecule has 0 aliphatic heterocycles. The molecule has 0 saturated heterocycles. The second-order valence-corrected chi connectivity index (χ2v) is 7.44. The second-order valence-electron chi connectivity index (χ2n) is 7.44. The maximum Gasteiger partial charge on any atom is 0.220 e. The first-order valence-electron chi connectivity index (χ1n) is 9.15. The first-order chi connectivity index (χ1) is 11.9. The lowest BCUT2D eigenvalue weighted by Crippen LogP contribution is -2.38. The molecule has 140 valence electrons. The van der Waals surface area contributed by atoms with Crippen molar-refractivity contribution in [3.05, 3.63) is 17.8 Å².